The zero-order valence-corrected chi connectivity index (χ0v) is 15.5. The number of piperazine rings is 1. The molecule has 0 atom stereocenters. The van der Waals surface area contributed by atoms with E-state index in [1.54, 1.807) is 12.1 Å². The van der Waals surface area contributed by atoms with Gasteiger partial charge in [-0.15, -0.1) is 5.10 Å². The molecule has 1 aliphatic rings. The Balaban J connectivity index is 1.64. The van der Waals surface area contributed by atoms with E-state index in [2.05, 4.69) is 15.0 Å². The van der Waals surface area contributed by atoms with Crippen molar-refractivity contribution in [2.24, 2.45) is 0 Å². The molecule has 142 valence electrons. The molecule has 1 fully saturated rings. The van der Waals surface area contributed by atoms with Gasteiger partial charge in [0.1, 0.15) is 6.07 Å². The highest BCUT2D eigenvalue weighted by Gasteiger charge is 2.30. The highest BCUT2D eigenvalue weighted by Crippen LogP contribution is 2.21. The van der Waals surface area contributed by atoms with Gasteiger partial charge in [0.15, 0.2) is 5.69 Å². The fourth-order valence-electron chi connectivity index (χ4n) is 2.80. The van der Waals surface area contributed by atoms with Crippen molar-refractivity contribution < 1.29 is 17.9 Å². The summed E-state index contributed by atoms with van der Waals surface area (Å²) in [6.07, 6.45) is 1.48. The lowest BCUT2D eigenvalue weighted by atomic mass is 10.2. The van der Waals surface area contributed by atoms with Crippen molar-refractivity contribution in [2.45, 2.75) is 11.6 Å². The van der Waals surface area contributed by atoms with Gasteiger partial charge in [0.25, 0.3) is 0 Å². The Hall–Kier alpha value is -2.81. The number of sulfonamides is 1. The molecule has 2 aromatic rings. The minimum absolute atomic E-state index is 0.0277. The van der Waals surface area contributed by atoms with Gasteiger partial charge in [-0.2, -0.15) is 9.57 Å². The molecule has 0 N–H and O–H groups in total. The minimum Gasteiger partial charge on any atom is -0.464 e. The van der Waals surface area contributed by atoms with Gasteiger partial charge in [-0.1, -0.05) is 17.3 Å². The molecule has 1 aromatic carbocycles. The summed E-state index contributed by atoms with van der Waals surface area (Å²) >= 11 is 0. The summed E-state index contributed by atoms with van der Waals surface area (Å²) in [6.45, 7) is 1.94. The van der Waals surface area contributed by atoms with E-state index in [4.69, 9.17) is 5.26 Å². The summed E-state index contributed by atoms with van der Waals surface area (Å²) < 4.78 is 33.1. The predicted molar refractivity (Wildman–Crippen MR) is 92.9 cm³/mol. The Kier molecular flexibility index (Phi) is 5.50. The van der Waals surface area contributed by atoms with Crippen molar-refractivity contribution in [3.63, 3.8) is 0 Å². The van der Waals surface area contributed by atoms with Crippen LogP contribution >= 0.6 is 0 Å². The highest BCUT2D eigenvalue weighted by atomic mass is 32.2. The average molecular weight is 390 g/mol. The van der Waals surface area contributed by atoms with Crippen LogP contribution in [-0.4, -0.2) is 71.9 Å². The zero-order chi connectivity index (χ0) is 19.4. The largest absolute Gasteiger partial charge is 0.464 e. The van der Waals surface area contributed by atoms with Crippen LogP contribution in [0, 0.1) is 11.3 Å². The van der Waals surface area contributed by atoms with Crippen LogP contribution in [-0.2, 0) is 21.4 Å². The van der Waals surface area contributed by atoms with Crippen molar-refractivity contribution in [1.29, 1.82) is 5.26 Å². The standard InChI is InChI=1S/C16H18N6O4S/c1-26-16(23)14-11-21(19-18-14)12-20-6-8-22(9-7-20)27(24,25)15-5-3-2-4-13(15)10-17/h2-5,11H,6-9,12H2,1H3. The Morgan fingerprint density at radius 2 is 1.96 bits per heavy atom. The van der Waals surface area contributed by atoms with Gasteiger partial charge < -0.3 is 4.74 Å². The SMILES string of the molecule is COC(=O)c1cn(CN2CCN(S(=O)(=O)c3ccccc3C#N)CC2)nn1. The first kappa shape index (κ1) is 19.0. The number of nitrogens with zero attached hydrogens (tertiary/aromatic N) is 6. The van der Waals surface area contributed by atoms with Gasteiger partial charge in [-0.25, -0.2) is 17.9 Å². The maximum absolute atomic E-state index is 12.8. The lowest BCUT2D eigenvalue weighted by Crippen LogP contribution is -2.49. The van der Waals surface area contributed by atoms with Crippen LogP contribution in [0.25, 0.3) is 0 Å². The van der Waals surface area contributed by atoms with E-state index in [0.717, 1.165) is 0 Å². The molecule has 0 amide bonds. The minimum atomic E-state index is -3.72. The molecule has 10 nitrogen and oxygen atoms in total. The number of carbonyl (C=O) groups excluding carboxylic acids is 1. The topological polar surface area (TPSA) is 121 Å². The Bertz CT molecular complexity index is 973. The molecule has 1 saturated heterocycles. The number of ether oxygens (including phenoxy) is 1. The molecule has 0 aliphatic carbocycles. The Morgan fingerprint density at radius 1 is 1.26 bits per heavy atom. The highest BCUT2D eigenvalue weighted by molar-refractivity contribution is 7.89. The first-order valence-electron chi connectivity index (χ1n) is 8.16. The number of rotatable bonds is 5. The Morgan fingerprint density at radius 3 is 2.63 bits per heavy atom. The van der Waals surface area contributed by atoms with E-state index in [1.165, 1.54) is 34.4 Å². The molecule has 3 rings (SSSR count). The monoisotopic (exact) mass is 390 g/mol. The summed E-state index contributed by atoms with van der Waals surface area (Å²) in [6, 6.07) is 8.11. The molecule has 0 unspecified atom stereocenters. The second kappa shape index (κ2) is 7.83. The molecular formula is C16H18N6O4S. The summed E-state index contributed by atoms with van der Waals surface area (Å²) in [4.78, 5) is 13.4. The Labute approximate surface area is 156 Å². The first-order chi connectivity index (χ1) is 13.0. The number of nitriles is 1. The number of hydrogen-bond donors (Lipinski definition) is 0. The van der Waals surface area contributed by atoms with Crippen molar-refractivity contribution in [3.8, 4) is 6.07 Å². The van der Waals surface area contributed by atoms with Gasteiger partial charge in [-0.3, -0.25) is 4.90 Å². The molecule has 2 heterocycles. The van der Waals surface area contributed by atoms with Crippen LogP contribution in [0.1, 0.15) is 16.1 Å². The van der Waals surface area contributed by atoms with Crippen molar-refractivity contribution in [3.05, 3.63) is 41.7 Å². The molecule has 0 spiro atoms. The summed E-state index contributed by atoms with van der Waals surface area (Å²) in [5.74, 6) is -0.562. The predicted octanol–water partition coefficient (Wildman–Crippen LogP) is -0.0996. The van der Waals surface area contributed by atoms with E-state index in [9.17, 15) is 13.2 Å². The number of carbonyl (C=O) groups is 1. The third-order valence-corrected chi connectivity index (χ3v) is 6.19. The maximum atomic E-state index is 12.8. The molecule has 0 saturated carbocycles. The number of esters is 1. The van der Waals surface area contributed by atoms with Crippen molar-refractivity contribution >= 4 is 16.0 Å². The molecule has 27 heavy (non-hydrogen) atoms. The molecule has 1 aliphatic heterocycles. The van der Waals surface area contributed by atoms with Crippen LogP contribution in [0.5, 0.6) is 0 Å². The normalized spacial score (nSPS) is 16.0. The van der Waals surface area contributed by atoms with Crippen LogP contribution in [0.2, 0.25) is 0 Å². The van der Waals surface area contributed by atoms with Crippen LogP contribution < -0.4 is 0 Å². The van der Waals surface area contributed by atoms with Gasteiger partial charge in [0.05, 0.1) is 30.4 Å². The first-order valence-corrected chi connectivity index (χ1v) is 9.60. The number of hydrogen-bond acceptors (Lipinski definition) is 8. The lowest BCUT2D eigenvalue weighted by molar-refractivity contribution is 0.0593. The second-order valence-corrected chi connectivity index (χ2v) is 7.81. The van der Waals surface area contributed by atoms with E-state index in [-0.39, 0.29) is 16.2 Å². The quantitative estimate of drug-likeness (QED) is 0.649. The van der Waals surface area contributed by atoms with Crippen LogP contribution in [0.15, 0.2) is 35.4 Å². The van der Waals surface area contributed by atoms with Crippen molar-refractivity contribution in [1.82, 2.24) is 24.2 Å². The van der Waals surface area contributed by atoms with Crippen LogP contribution in [0.3, 0.4) is 0 Å². The zero-order valence-electron chi connectivity index (χ0n) is 14.6. The number of methoxy groups -OCH3 is 1. The maximum Gasteiger partial charge on any atom is 0.360 e. The van der Waals surface area contributed by atoms with Gasteiger partial charge in [0.2, 0.25) is 10.0 Å². The summed E-state index contributed by atoms with van der Waals surface area (Å²) in [5.41, 5.74) is 0.254. The lowest BCUT2D eigenvalue weighted by Gasteiger charge is -2.33. The van der Waals surface area contributed by atoms with E-state index < -0.39 is 16.0 Å². The number of benzene rings is 1. The van der Waals surface area contributed by atoms with Crippen molar-refractivity contribution in [2.75, 3.05) is 33.3 Å². The smallest absolute Gasteiger partial charge is 0.360 e. The summed E-state index contributed by atoms with van der Waals surface area (Å²) in [7, 11) is -2.45. The molecule has 0 bridgehead atoms. The van der Waals surface area contributed by atoms with E-state index in [1.807, 2.05) is 11.0 Å². The van der Waals surface area contributed by atoms with E-state index >= 15 is 0 Å². The number of aromatic nitrogens is 3. The van der Waals surface area contributed by atoms with E-state index in [0.29, 0.717) is 32.8 Å². The van der Waals surface area contributed by atoms with Gasteiger partial charge in [0, 0.05) is 26.2 Å². The molecule has 0 radical (unpaired) electrons. The fourth-order valence-corrected chi connectivity index (χ4v) is 4.37. The third-order valence-electron chi connectivity index (χ3n) is 4.23. The third kappa shape index (κ3) is 3.97. The van der Waals surface area contributed by atoms with Crippen LogP contribution in [0.4, 0.5) is 0 Å². The second-order valence-electron chi connectivity index (χ2n) is 5.91. The molecule has 1 aromatic heterocycles. The molecular weight excluding hydrogens is 372 g/mol. The fraction of sp³-hybridized carbons (Fsp3) is 0.375. The summed E-state index contributed by atoms with van der Waals surface area (Å²) in [5, 5.41) is 16.8. The van der Waals surface area contributed by atoms with Gasteiger partial charge >= 0.3 is 5.97 Å². The van der Waals surface area contributed by atoms with Gasteiger partial charge in [-0.05, 0) is 12.1 Å². The average Bonchev–Trinajstić information content (AvgIpc) is 3.16. The molecule has 11 heteroatoms.